The van der Waals surface area contributed by atoms with E-state index in [1.165, 1.54) is 7.05 Å². The number of amides is 3. The molecule has 0 spiro atoms. The topological polar surface area (TPSA) is 84.2 Å². The van der Waals surface area contributed by atoms with Gasteiger partial charge >= 0.3 is 6.03 Å². The first kappa shape index (κ1) is 9.74. The van der Waals surface area contributed by atoms with Crippen LogP contribution in [0.2, 0.25) is 0 Å². The predicted molar refractivity (Wildman–Crippen MR) is 40.9 cm³/mol. The van der Waals surface area contributed by atoms with Gasteiger partial charge in [0.25, 0.3) is 0 Å². The molecule has 3 amide bonds. The molecule has 0 rings (SSSR count). The van der Waals surface area contributed by atoms with Gasteiger partial charge in [-0.25, -0.2) is 4.79 Å². The van der Waals surface area contributed by atoms with Gasteiger partial charge in [-0.15, -0.1) is 0 Å². The highest BCUT2D eigenvalue weighted by Crippen LogP contribution is 1.83. The zero-order valence-electron chi connectivity index (χ0n) is 6.52. The van der Waals surface area contributed by atoms with Gasteiger partial charge in [0.1, 0.15) is 0 Å². The lowest BCUT2D eigenvalue weighted by atomic mass is 10.3. The van der Waals surface area contributed by atoms with Crippen molar-refractivity contribution in [3.8, 4) is 0 Å². The van der Waals surface area contributed by atoms with Crippen molar-refractivity contribution in [3.63, 3.8) is 0 Å². The van der Waals surface area contributed by atoms with E-state index in [0.29, 0.717) is 19.4 Å². The molecule has 0 aromatic carbocycles. The highest BCUT2D eigenvalue weighted by molar-refractivity contribution is 5.74. The van der Waals surface area contributed by atoms with Crippen LogP contribution < -0.4 is 16.4 Å². The van der Waals surface area contributed by atoms with E-state index < -0.39 is 0 Å². The summed E-state index contributed by atoms with van der Waals surface area (Å²) >= 11 is 0. The number of carbonyl (C=O) groups is 2. The summed E-state index contributed by atoms with van der Waals surface area (Å²) < 4.78 is 0. The molecule has 0 saturated heterocycles. The molecule has 5 heteroatoms. The van der Waals surface area contributed by atoms with Crippen molar-refractivity contribution in [2.75, 3.05) is 13.6 Å². The third-order valence-electron chi connectivity index (χ3n) is 1.11. The van der Waals surface area contributed by atoms with Crippen molar-refractivity contribution in [3.05, 3.63) is 0 Å². The van der Waals surface area contributed by atoms with Crippen LogP contribution >= 0.6 is 0 Å². The molecule has 64 valence electrons. The molecule has 0 aromatic rings. The average molecular weight is 159 g/mol. The Labute approximate surface area is 65.3 Å². The minimum Gasteiger partial charge on any atom is -0.370 e. The molecule has 0 heterocycles. The van der Waals surface area contributed by atoms with E-state index in [1.54, 1.807) is 0 Å². The number of carbonyl (C=O) groups excluding carboxylic acids is 2. The van der Waals surface area contributed by atoms with E-state index in [-0.39, 0.29) is 11.9 Å². The molecule has 0 atom stereocenters. The number of nitrogens with one attached hydrogen (secondary N) is 2. The highest BCUT2D eigenvalue weighted by Gasteiger charge is 1.96. The predicted octanol–water partition coefficient (Wildman–Crippen LogP) is -0.819. The van der Waals surface area contributed by atoms with Crippen LogP contribution in [0, 0.1) is 0 Å². The van der Waals surface area contributed by atoms with Crippen molar-refractivity contribution in [1.82, 2.24) is 10.6 Å². The Balaban J connectivity index is 3.14. The monoisotopic (exact) mass is 159 g/mol. The molecule has 0 radical (unpaired) electrons. The van der Waals surface area contributed by atoms with Gasteiger partial charge in [0.15, 0.2) is 0 Å². The molecule has 0 fully saturated rings. The van der Waals surface area contributed by atoms with Gasteiger partial charge in [-0.05, 0) is 6.42 Å². The Morgan fingerprint density at radius 2 is 2.09 bits per heavy atom. The Bertz CT molecular complexity index is 147. The molecule has 4 N–H and O–H groups in total. The largest absolute Gasteiger partial charge is 0.370 e. The lowest BCUT2D eigenvalue weighted by Gasteiger charge is -2.01. The van der Waals surface area contributed by atoms with Crippen molar-refractivity contribution in [2.45, 2.75) is 12.8 Å². The second-order valence-corrected chi connectivity index (χ2v) is 2.08. The van der Waals surface area contributed by atoms with Crippen LogP contribution in [0.1, 0.15) is 12.8 Å². The normalized spacial score (nSPS) is 8.82. The maximum absolute atomic E-state index is 10.5. The first-order valence-electron chi connectivity index (χ1n) is 3.40. The van der Waals surface area contributed by atoms with Gasteiger partial charge in [-0.1, -0.05) is 0 Å². The average Bonchev–Trinajstić information content (AvgIpc) is 1.97. The van der Waals surface area contributed by atoms with Crippen LogP contribution in [0.25, 0.3) is 0 Å². The van der Waals surface area contributed by atoms with Gasteiger partial charge in [0, 0.05) is 20.0 Å². The number of primary amides is 1. The summed E-state index contributed by atoms with van der Waals surface area (Å²) in [4.78, 5) is 20.7. The maximum atomic E-state index is 10.5. The third-order valence-corrected chi connectivity index (χ3v) is 1.11. The Morgan fingerprint density at radius 1 is 1.45 bits per heavy atom. The molecule has 0 bridgehead atoms. The summed E-state index contributed by atoms with van der Waals surface area (Å²) in [5.74, 6) is -0.344. The van der Waals surface area contributed by atoms with Crippen LogP contribution in [0.5, 0.6) is 0 Å². The minimum atomic E-state index is -0.344. The zero-order valence-corrected chi connectivity index (χ0v) is 6.52. The summed E-state index contributed by atoms with van der Waals surface area (Å²) in [6.07, 6.45) is 0.896. The fourth-order valence-corrected chi connectivity index (χ4v) is 0.553. The lowest BCUT2D eigenvalue weighted by Crippen LogP contribution is -2.33. The molecule has 0 unspecified atom stereocenters. The highest BCUT2D eigenvalue weighted by atomic mass is 16.2. The Hall–Kier alpha value is -1.26. The third kappa shape index (κ3) is 6.63. The smallest absolute Gasteiger partial charge is 0.314 e. The second kappa shape index (κ2) is 5.52. The molecule has 0 aliphatic carbocycles. The van der Waals surface area contributed by atoms with Crippen LogP contribution in [-0.2, 0) is 4.79 Å². The second-order valence-electron chi connectivity index (χ2n) is 2.08. The SMILES string of the molecule is CNC(=O)NCCCC(N)=O. The first-order valence-corrected chi connectivity index (χ1v) is 3.40. The fraction of sp³-hybridized carbons (Fsp3) is 0.667. The summed E-state index contributed by atoms with van der Waals surface area (Å²) in [5, 5.41) is 4.92. The van der Waals surface area contributed by atoms with Crippen LogP contribution in [0.15, 0.2) is 0 Å². The van der Waals surface area contributed by atoms with Crippen LogP contribution in [0.4, 0.5) is 4.79 Å². The maximum Gasteiger partial charge on any atom is 0.314 e. The Kier molecular flexibility index (Phi) is 4.89. The van der Waals surface area contributed by atoms with E-state index >= 15 is 0 Å². The number of hydrogen-bond donors (Lipinski definition) is 3. The summed E-state index contributed by atoms with van der Waals surface area (Å²) in [7, 11) is 1.53. The van der Waals surface area contributed by atoms with Gasteiger partial charge in [0.2, 0.25) is 5.91 Å². The summed E-state index contributed by atoms with van der Waals surface area (Å²) in [6.45, 7) is 0.475. The number of hydrogen-bond acceptors (Lipinski definition) is 2. The number of nitrogens with two attached hydrogens (primary N) is 1. The summed E-state index contributed by atoms with van der Waals surface area (Å²) in [6, 6.07) is -0.241. The lowest BCUT2D eigenvalue weighted by molar-refractivity contribution is -0.118. The summed E-state index contributed by atoms with van der Waals surface area (Å²) in [5.41, 5.74) is 4.87. The Morgan fingerprint density at radius 3 is 2.55 bits per heavy atom. The van der Waals surface area contributed by atoms with Gasteiger partial charge < -0.3 is 16.4 Å². The molecule has 0 aromatic heterocycles. The van der Waals surface area contributed by atoms with Gasteiger partial charge in [-0.3, -0.25) is 4.79 Å². The molecule has 0 saturated carbocycles. The van der Waals surface area contributed by atoms with Crippen LogP contribution in [-0.4, -0.2) is 25.5 Å². The molecule has 11 heavy (non-hydrogen) atoms. The van der Waals surface area contributed by atoms with Crippen molar-refractivity contribution < 1.29 is 9.59 Å². The standard InChI is InChI=1S/C6H13N3O2/c1-8-6(11)9-4-2-3-5(7)10/h2-4H2,1H3,(H2,7,10)(H2,8,9,11). The molecular formula is C6H13N3O2. The van der Waals surface area contributed by atoms with E-state index in [1.807, 2.05) is 0 Å². The van der Waals surface area contributed by atoms with Crippen molar-refractivity contribution >= 4 is 11.9 Å². The zero-order chi connectivity index (χ0) is 8.69. The molecular weight excluding hydrogens is 146 g/mol. The molecule has 0 aliphatic heterocycles. The molecule has 5 nitrogen and oxygen atoms in total. The van der Waals surface area contributed by atoms with E-state index in [2.05, 4.69) is 10.6 Å². The number of urea groups is 1. The molecule has 0 aliphatic rings. The number of rotatable bonds is 4. The first-order chi connectivity index (χ1) is 5.16. The van der Waals surface area contributed by atoms with Crippen molar-refractivity contribution in [2.24, 2.45) is 5.73 Å². The van der Waals surface area contributed by atoms with E-state index in [0.717, 1.165) is 0 Å². The fourth-order valence-electron chi connectivity index (χ4n) is 0.553. The van der Waals surface area contributed by atoms with E-state index in [9.17, 15) is 9.59 Å². The minimum absolute atomic E-state index is 0.241. The van der Waals surface area contributed by atoms with Gasteiger partial charge in [-0.2, -0.15) is 0 Å². The van der Waals surface area contributed by atoms with Crippen molar-refractivity contribution in [1.29, 1.82) is 0 Å². The van der Waals surface area contributed by atoms with Gasteiger partial charge in [0.05, 0.1) is 0 Å². The van der Waals surface area contributed by atoms with Crippen LogP contribution in [0.3, 0.4) is 0 Å². The van der Waals surface area contributed by atoms with E-state index in [4.69, 9.17) is 5.73 Å². The quantitative estimate of drug-likeness (QED) is 0.468.